The number of ether oxygens (including phenoxy) is 2. The van der Waals surface area contributed by atoms with E-state index < -0.39 is 66.8 Å². The Labute approximate surface area is 142 Å². The Morgan fingerprint density at radius 2 is 1.92 bits per heavy atom. The summed E-state index contributed by atoms with van der Waals surface area (Å²) in [5.74, 6) is -3.83. The van der Waals surface area contributed by atoms with Crippen LogP contribution in [0.3, 0.4) is 0 Å². The van der Waals surface area contributed by atoms with Crippen molar-refractivity contribution >= 4 is 17.8 Å². The molecule has 142 valence electrons. The third kappa shape index (κ3) is 5.67. The molecule has 6 N–H and O–H groups in total. The lowest BCUT2D eigenvalue weighted by molar-refractivity contribution is -0.164. The van der Waals surface area contributed by atoms with Gasteiger partial charge in [-0.1, -0.05) is 0 Å². The smallest absolute Gasteiger partial charge is 0.370 e. The van der Waals surface area contributed by atoms with Crippen molar-refractivity contribution in [2.24, 2.45) is 0 Å². The number of esters is 1. The molecule has 6 atom stereocenters. The average molecular weight is 363 g/mol. The molecular formula is C14H21NO10. The number of carbonyl (C=O) groups excluding carboxylic acids is 2. The Hall–Kier alpha value is -2.21. The van der Waals surface area contributed by atoms with E-state index in [0.717, 1.165) is 19.9 Å². The van der Waals surface area contributed by atoms with Gasteiger partial charge in [-0.05, 0) is 13.0 Å². The molecule has 0 spiro atoms. The molecule has 1 heterocycles. The minimum Gasteiger partial charge on any atom is -0.478 e. The van der Waals surface area contributed by atoms with Crippen molar-refractivity contribution < 1.29 is 49.4 Å². The van der Waals surface area contributed by atoms with E-state index >= 15 is 0 Å². The number of carboxylic acids is 1. The van der Waals surface area contributed by atoms with E-state index in [1.54, 1.807) is 0 Å². The highest BCUT2D eigenvalue weighted by atomic mass is 16.6. The van der Waals surface area contributed by atoms with Gasteiger partial charge in [0.1, 0.15) is 31.0 Å². The second-order valence-corrected chi connectivity index (χ2v) is 5.50. The number of carbonyl (C=O) groups is 3. The van der Waals surface area contributed by atoms with Crippen molar-refractivity contribution in [3.05, 3.63) is 11.8 Å². The van der Waals surface area contributed by atoms with Crippen LogP contribution in [0.15, 0.2) is 11.8 Å². The molecule has 11 heteroatoms. The van der Waals surface area contributed by atoms with Gasteiger partial charge in [-0.2, -0.15) is 0 Å². The molecule has 0 aliphatic carbocycles. The van der Waals surface area contributed by atoms with Crippen molar-refractivity contribution in [1.29, 1.82) is 0 Å². The third-order valence-electron chi connectivity index (χ3n) is 3.36. The Morgan fingerprint density at radius 3 is 2.40 bits per heavy atom. The molecule has 0 aromatic rings. The second-order valence-electron chi connectivity index (χ2n) is 5.50. The molecule has 0 aromatic heterocycles. The van der Waals surface area contributed by atoms with Gasteiger partial charge in [0.05, 0.1) is 6.04 Å². The SMILES string of the molecule is CC(=O)NC1C(O)C=C(C(=O)O)OC1C(O)C(O)COC(=O)C(C)O. The maximum atomic E-state index is 11.2. The predicted octanol–water partition coefficient (Wildman–Crippen LogP) is -3.13. The van der Waals surface area contributed by atoms with Crippen molar-refractivity contribution in [2.45, 2.75) is 50.4 Å². The summed E-state index contributed by atoms with van der Waals surface area (Å²) in [4.78, 5) is 33.4. The summed E-state index contributed by atoms with van der Waals surface area (Å²) in [6, 6.07) is -1.25. The van der Waals surface area contributed by atoms with Gasteiger partial charge >= 0.3 is 11.9 Å². The second kappa shape index (κ2) is 8.76. The Morgan fingerprint density at radius 1 is 1.32 bits per heavy atom. The van der Waals surface area contributed by atoms with Crippen LogP contribution in [0.2, 0.25) is 0 Å². The molecule has 0 radical (unpaired) electrons. The third-order valence-corrected chi connectivity index (χ3v) is 3.36. The molecular weight excluding hydrogens is 342 g/mol. The first-order valence-electron chi connectivity index (χ1n) is 7.32. The molecule has 6 unspecified atom stereocenters. The van der Waals surface area contributed by atoms with Gasteiger partial charge in [0.15, 0.2) is 6.10 Å². The Balaban J connectivity index is 2.91. The standard InChI is InChI=1S/C14H21NO10/c1-5(16)14(23)24-4-8(19)11(20)12-10(15-6(2)17)7(18)3-9(25-12)13(21)22/h3,5,7-8,10-12,16,18-20H,4H2,1-2H3,(H,15,17)(H,21,22). The van der Waals surface area contributed by atoms with E-state index in [-0.39, 0.29) is 0 Å². The van der Waals surface area contributed by atoms with Crippen molar-refractivity contribution in [3.8, 4) is 0 Å². The van der Waals surface area contributed by atoms with Crippen LogP contribution < -0.4 is 5.32 Å². The molecule has 0 saturated heterocycles. The molecule has 1 rings (SSSR count). The molecule has 1 amide bonds. The number of amides is 1. The van der Waals surface area contributed by atoms with Crippen LogP contribution in [0.1, 0.15) is 13.8 Å². The van der Waals surface area contributed by atoms with Crippen LogP contribution in [-0.2, 0) is 23.9 Å². The quantitative estimate of drug-likeness (QED) is 0.253. The van der Waals surface area contributed by atoms with E-state index in [1.807, 2.05) is 0 Å². The van der Waals surface area contributed by atoms with Crippen LogP contribution in [0.5, 0.6) is 0 Å². The number of hydrogen-bond acceptors (Lipinski definition) is 9. The van der Waals surface area contributed by atoms with E-state index in [2.05, 4.69) is 10.1 Å². The lowest BCUT2D eigenvalue weighted by Gasteiger charge is -2.38. The number of nitrogens with one attached hydrogen (secondary N) is 1. The summed E-state index contributed by atoms with van der Waals surface area (Å²) in [6.45, 7) is 1.55. The first-order chi connectivity index (χ1) is 11.5. The Kier molecular flexibility index (Phi) is 7.30. The van der Waals surface area contributed by atoms with Crippen LogP contribution in [0.25, 0.3) is 0 Å². The first kappa shape index (κ1) is 20.8. The summed E-state index contributed by atoms with van der Waals surface area (Å²) >= 11 is 0. The zero-order valence-corrected chi connectivity index (χ0v) is 13.5. The van der Waals surface area contributed by atoms with Crippen LogP contribution in [0, 0.1) is 0 Å². The van der Waals surface area contributed by atoms with Crippen molar-refractivity contribution in [3.63, 3.8) is 0 Å². The summed E-state index contributed by atoms with van der Waals surface area (Å²) < 4.78 is 9.62. The van der Waals surface area contributed by atoms with E-state index in [1.165, 1.54) is 0 Å². The topological polar surface area (TPSA) is 183 Å². The lowest BCUT2D eigenvalue weighted by atomic mass is 9.94. The van der Waals surface area contributed by atoms with Crippen LogP contribution in [0.4, 0.5) is 0 Å². The molecule has 0 bridgehead atoms. The number of carboxylic acid groups (broad SMARTS) is 1. The lowest BCUT2D eigenvalue weighted by Crippen LogP contribution is -2.60. The van der Waals surface area contributed by atoms with Gasteiger partial charge in [-0.15, -0.1) is 0 Å². The molecule has 0 aromatic carbocycles. The largest absolute Gasteiger partial charge is 0.478 e. The Bertz CT molecular complexity index is 546. The van der Waals surface area contributed by atoms with E-state index in [4.69, 9.17) is 14.9 Å². The summed E-state index contributed by atoms with van der Waals surface area (Å²) in [5, 5.41) is 50.3. The molecule has 25 heavy (non-hydrogen) atoms. The fraction of sp³-hybridized carbons (Fsp3) is 0.643. The first-order valence-corrected chi connectivity index (χ1v) is 7.32. The number of aliphatic carboxylic acids is 1. The van der Waals surface area contributed by atoms with Crippen LogP contribution >= 0.6 is 0 Å². The maximum absolute atomic E-state index is 11.2. The molecule has 11 nitrogen and oxygen atoms in total. The number of aliphatic hydroxyl groups is 4. The fourth-order valence-electron chi connectivity index (χ4n) is 2.12. The molecule has 1 aliphatic heterocycles. The van der Waals surface area contributed by atoms with Crippen molar-refractivity contribution in [1.82, 2.24) is 5.32 Å². The van der Waals surface area contributed by atoms with Gasteiger partial charge in [0, 0.05) is 6.92 Å². The number of hydrogen-bond donors (Lipinski definition) is 6. The molecule has 0 saturated carbocycles. The summed E-state index contributed by atoms with van der Waals surface area (Å²) in [5.41, 5.74) is 0. The molecule has 0 fully saturated rings. The van der Waals surface area contributed by atoms with Gasteiger partial charge in [0.25, 0.3) is 0 Å². The highest BCUT2D eigenvalue weighted by Crippen LogP contribution is 2.23. The van der Waals surface area contributed by atoms with Crippen molar-refractivity contribution in [2.75, 3.05) is 6.61 Å². The predicted molar refractivity (Wildman–Crippen MR) is 78.9 cm³/mol. The monoisotopic (exact) mass is 363 g/mol. The van der Waals surface area contributed by atoms with E-state index in [9.17, 15) is 29.7 Å². The summed E-state index contributed by atoms with van der Waals surface area (Å²) in [6.07, 6.45) is -7.19. The maximum Gasteiger partial charge on any atom is 0.370 e. The van der Waals surface area contributed by atoms with Gasteiger partial charge in [0.2, 0.25) is 11.7 Å². The summed E-state index contributed by atoms with van der Waals surface area (Å²) in [7, 11) is 0. The van der Waals surface area contributed by atoms with E-state index in [0.29, 0.717) is 0 Å². The average Bonchev–Trinajstić information content (AvgIpc) is 2.52. The highest BCUT2D eigenvalue weighted by Gasteiger charge is 2.43. The molecule has 1 aliphatic rings. The number of rotatable bonds is 7. The van der Waals surface area contributed by atoms with Gasteiger partial charge < -0.3 is 40.3 Å². The van der Waals surface area contributed by atoms with Gasteiger partial charge in [-0.25, -0.2) is 9.59 Å². The zero-order chi connectivity index (χ0) is 19.3. The minimum atomic E-state index is -1.82. The fourth-order valence-corrected chi connectivity index (χ4v) is 2.12. The van der Waals surface area contributed by atoms with Gasteiger partial charge in [-0.3, -0.25) is 4.79 Å². The normalized spacial score (nSPS) is 26.5. The zero-order valence-electron chi connectivity index (χ0n) is 13.5. The number of aliphatic hydroxyl groups excluding tert-OH is 4. The minimum absolute atomic E-state index is 0.591. The highest BCUT2D eigenvalue weighted by molar-refractivity contribution is 5.84. The van der Waals surface area contributed by atoms with Crippen LogP contribution in [-0.4, -0.2) is 86.5 Å².